The Bertz CT molecular complexity index is 1030. The minimum Gasteiger partial charge on any atom is -0.493 e. The SMILES string of the molecule is CCCCCc1c(-c2nccs2)c(C(N)=O)c(C)n1CCc1ccc(OC)c(OC)c1. The van der Waals surface area contributed by atoms with Gasteiger partial charge in [-0.15, -0.1) is 11.3 Å². The van der Waals surface area contributed by atoms with E-state index in [1.165, 1.54) is 0 Å². The fourth-order valence-electron chi connectivity index (χ4n) is 4.06. The number of aryl methyl sites for hydroxylation is 1. The van der Waals surface area contributed by atoms with Crippen molar-refractivity contribution in [1.82, 2.24) is 9.55 Å². The highest BCUT2D eigenvalue weighted by Gasteiger charge is 2.25. The summed E-state index contributed by atoms with van der Waals surface area (Å²) in [6.45, 7) is 4.92. The van der Waals surface area contributed by atoms with Gasteiger partial charge in [0.05, 0.1) is 19.8 Å². The van der Waals surface area contributed by atoms with E-state index in [2.05, 4.69) is 16.5 Å². The molecule has 0 radical (unpaired) electrons. The third-order valence-electron chi connectivity index (χ3n) is 5.61. The zero-order valence-corrected chi connectivity index (χ0v) is 19.6. The van der Waals surface area contributed by atoms with Gasteiger partial charge in [0.2, 0.25) is 0 Å². The van der Waals surface area contributed by atoms with E-state index in [4.69, 9.17) is 15.2 Å². The normalized spacial score (nSPS) is 11.0. The van der Waals surface area contributed by atoms with Crippen molar-refractivity contribution in [3.63, 3.8) is 0 Å². The van der Waals surface area contributed by atoms with Gasteiger partial charge < -0.3 is 19.8 Å². The first kappa shape index (κ1) is 22.9. The van der Waals surface area contributed by atoms with Crippen molar-refractivity contribution in [2.24, 2.45) is 5.73 Å². The van der Waals surface area contributed by atoms with Crippen LogP contribution in [-0.4, -0.2) is 29.7 Å². The van der Waals surface area contributed by atoms with Crippen molar-refractivity contribution < 1.29 is 14.3 Å². The van der Waals surface area contributed by atoms with E-state index in [0.29, 0.717) is 17.1 Å². The number of primary amides is 1. The predicted molar refractivity (Wildman–Crippen MR) is 125 cm³/mol. The summed E-state index contributed by atoms with van der Waals surface area (Å²) in [6, 6.07) is 5.98. The molecule has 31 heavy (non-hydrogen) atoms. The lowest BCUT2D eigenvalue weighted by molar-refractivity contribution is 0.1000. The van der Waals surface area contributed by atoms with Crippen LogP contribution in [0.25, 0.3) is 10.6 Å². The Kier molecular flexibility index (Phi) is 7.74. The van der Waals surface area contributed by atoms with Crippen LogP contribution in [0.5, 0.6) is 11.5 Å². The maximum Gasteiger partial charge on any atom is 0.251 e. The van der Waals surface area contributed by atoms with Gasteiger partial charge in [-0.25, -0.2) is 4.98 Å². The lowest BCUT2D eigenvalue weighted by Gasteiger charge is -2.14. The molecule has 0 aliphatic heterocycles. The largest absolute Gasteiger partial charge is 0.493 e. The van der Waals surface area contributed by atoms with Gasteiger partial charge in [0.25, 0.3) is 5.91 Å². The highest BCUT2D eigenvalue weighted by atomic mass is 32.1. The van der Waals surface area contributed by atoms with E-state index in [1.807, 2.05) is 30.5 Å². The molecule has 3 aromatic rings. The van der Waals surface area contributed by atoms with E-state index in [0.717, 1.165) is 66.2 Å². The summed E-state index contributed by atoms with van der Waals surface area (Å²) >= 11 is 1.54. The van der Waals surface area contributed by atoms with Crippen molar-refractivity contribution >= 4 is 17.2 Å². The third-order valence-corrected chi connectivity index (χ3v) is 6.40. The molecule has 0 saturated heterocycles. The van der Waals surface area contributed by atoms with Crippen molar-refractivity contribution in [3.8, 4) is 22.1 Å². The summed E-state index contributed by atoms with van der Waals surface area (Å²) in [6.07, 6.45) is 6.81. The molecule has 0 fully saturated rings. The number of methoxy groups -OCH3 is 2. The first-order valence-corrected chi connectivity index (χ1v) is 11.5. The van der Waals surface area contributed by atoms with E-state index in [1.54, 1.807) is 31.8 Å². The van der Waals surface area contributed by atoms with Crippen LogP contribution in [0.1, 0.15) is 53.5 Å². The molecule has 2 aromatic heterocycles. The Morgan fingerprint density at radius 1 is 1.16 bits per heavy atom. The molecule has 0 spiro atoms. The Morgan fingerprint density at radius 2 is 1.94 bits per heavy atom. The van der Waals surface area contributed by atoms with Gasteiger partial charge in [0, 0.05) is 35.1 Å². The standard InChI is InChI=1S/C24H31N3O3S/c1-5-6-7-8-18-22(24-26-12-14-31-24)21(23(25)28)16(2)27(18)13-11-17-9-10-19(29-3)20(15-17)30-4/h9-10,12,14-15H,5-8,11,13H2,1-4H3,(H2,25,28). The molecule has 0 aliphatic rings. The summed E-state index contributed by atoms with van der Waals surface area (Å²) < 4.78 is 13.0. The van der Waals surface area contributed by atoms with Gasteiger partial charge >= 0.3 is 0 Å². The molecular weight excluding hydrogens is 410 g/mol. The van der Waals surface area contributed by atoms with Crippen molar-refractivity contribution in [1.29, 1.82) is 0 Å². The van der Waals surface area contributed by atoms with Crippen molar-refractivity contribution in [3.05, 3.63) is 52.3 Å². The number of carbonyl (C=O) groups is 1. The van der Waals surface area contributed by atoms with Gasteiger partial charge in [0.1, 0.15) is 5.01 Å². The number of nitrogens with two attached hydrogens (primary N) is 1. The molecule has 6 nitrogen and oxygen atoms in total. The van der Waals surface area contributed by atoms with Crippen LogP contribution < -0.4 is 15.2 Å². The van der Waals surface area contributed by atoms with Crippen LogP contribution in [0.15, 0.2) is 29.8 Å². The Hall–Kier alpha value is -2.80. The molecule has 166 valence electrons. The zero-order valence-electron chi connectivity index (χ0n) is 18.7. The van der Waals surface area contributed by atoms with Crippen LogP contribution in [0.2, 0.25) is 0 Å². The number of thiazole rings is 1. The molecule has 1 aromatic carbocycles. The summed E-state index contributed by atoms with van der Waals surface area (Å²) in [4.78, 5) is 16.9. The minimum absolute atomic E-state index is 0.399. The second-order valence-corrected chi connectivity index (χ2v) is 8.43. The van der Waals surface area contributed by atoms with Crippen LogP contribution >= 0.6 is 11.3 Å². The van der Waals surface area contributed by atoms with E-state index >= 15 is 0 Å². The highest BCUT2D eigenvalue weighted by molar-refractivity contribution is 7.13. The van der Waals surface area contributed by atoms with Crippen LogP contribution in [-0.2, 0) is 19.4 Å². The fraction of sp³-hybridized carbons (Fsp3) is 0.417. The molecule has 0 unspecified atom stereocenters. The van der Waals surface area contributed by atoms with Gasteiger partial charge in [-0.1, -0.05) is 25.8 Å². The first-order chi connectivity index (χ1) is 15.0. The second kappa shape index (κ2) is 10.5. The van der Waals surface area contributed by atoms with Gasteiger partial charge in [-0.3, -0.25) is 4.79 Å². The number of carbonyl (C=O) groups excluding carboxylic acids is 1. The molecular formula is C24H31N3O3S. The monoisotopic (exact) mass is 441 g/mol. The number of hydrogen-bond acceptors (Lipinski definition) is 5. The number of benzene rings is 1. The smallest absolute Gasteiger partial charge is 0.251 e. The molecule has 0 aliphatic carbocycles. The highest BCUT2D eigenvalue weighted by Crippen LogP contribution is 2.35. The Balaban J connectivity index is 2.00. The molecule has 7 heteroatoms. The number of hydrogen-bond donors (Lipinski definition) is 1. The number of amides is 1. The number of nitrogens with zero attached hydrogens (tertiary/aromatic N) is 2. The lowest BCUT2D eigenvalue weighted by atomic mass is 10.0. The Morgan fingerprint density at radius 3 is 2.55 bits per heavy atom. The predicted octanol–water partition coefficient (Wildman–Crippen LogP) is 5.01. The van der Waals surface area contributed by atoms with Crippen molar-refractivity contribution in [2.75, 3.05) is 14.2 Å². The average Bonchev–Trinajstić information content (AvgIpc) is 3.38. The van der Waals surface area contributed by atoms with Gasteiger partial charge in [-0.05, 0) is 43.9 Å². The lowest BCUT2D eigenvalue weighted by Crippen LogP contribution is -2.14. The zero-order chi connectivity index (χ0) is 22.4. The molecule has 2 heterocycles. The van der Waals surface area contributed by atoms with Gasteiger partial charge in [-0.2, -0.15) is 0 Å². The molecule has 0 saturated carbocycles. The van der Waals surface area contributed by atoms with E-state index in [9.17, 15) is 4.79 Å². The molecule has 3 rings (SSSR count). The molecule has 0 bridgehead atoms. The molecule has 1 amide bonds. The van der Waals surface area contributed by atoms with Crippen LogP contribution in [0.4, 0.5) is 0 Å². The van der Waals surface area contributed by atoms with Gasteiger partial charge in [0.15, 0.2) is 11.5 Å². The van der Waals surface area contributed by atoms with Crippen LogP contribution in [0, 0.1) is 6.92 Å². The first-order valence-electron chi connectivity index (χ1n) is 10.6. The summed E-state index contributed by atoms with van der Waals surface area (Å²) in [5, 5.41) is 2.79. The fourth-order valence-corrected chi connectivity index (χ4v) is 4.77. The number of rotatable bonds is 11. The average molecular weight is 442 g/mol. The maximum absolute atomic E-state index is 12.4. The molecule has 2 N–H and O–H groups in total. The molecule has 0 atom stereocenters. The summed E-state index contributed by atoms with van der Waals surface area (Å²) in [5.41, 5.74) is 10.5. The Labute approximate surface area is 188 Å². The summed E-state index contributed by atoms with van der Waals surface area (Å²) in [5.74, 6) is 1.03. The topological polar surface area (TPSA) is 79.4 Å². The number of aromatic nitrogens is 2. The quantitative estimate of drug-likeness (QED) is 0.424. The van der Waals surface area contributed by atoms with E-state index in [-0.39, 0.29) is 0 Å². The number of ether oxygens (including phenoxy) is 2. The second-order valence-electron chi connectivity index (χ2n) is 7.53. The summed E-state index contributed by atoms with van der Waals surface area (Å²) in [7, 11) is 3.28. The van der Waals surface area contributed by atoms with E-state index < -0.39 is 5.91 Å². The maximum atomic E-state index is 12.4. The van der Waals surface area contributed by atoms with Crippen molar-refractivity contribution in [2.45, 2.75) is 52.5 Å². The minimum atomic E-state index is -0.399. The number of unbranched alkanes of at least 4 members (excludes halogenated alkanes) is 2. The van der Waals surface area contributed by atoms with Crippen LogP contribution in [0.3, 0.4) is 0 Å². The third kappa shape index (κ3) is 4.93.